The van der Waals surface area contributed by atoms with E-state index in [0.29, 0.717) is 6.61 Å². The maximum absolute atomic E-state index is 12.2. The lowest BCUT2D eigenvalue weighted by molar-refractivity contribution is -0.148. The van der Waals surface area contributed by atoms with Crippen LogP contribution in [0.3, 0.4) is 0 Å². The zero-order chi connectivity index (χ0) is 15.8. The number of hydrogen-bond acceptors (Lipinski definition) is 4. The molecule has 0 aliphatic heterocycles. The van der Waals surface area contributed by atoms with Crippen molar-refractivity contribution in [1.29, 1.82) is 0 Å². The van der Waals surface area contributed by atoms with Crippen LogP contribution in [-0.2, 0) is 19.1 Å². The highest BCUT2D eigenvalue weighted by Crippen LogP contribution is 2.24. The van der Waals surface area contributed by atoms with Crippen LogP contribution in [0.5, 0.6) is 0 Å². The zero-order valence-corrected chi connectivity index (χ0v) is 12.9. The molecule has 1 rings (SSSR count). The molecule has 0 radical (unpaired) electrons. The molecule has 0 spiro atoms. The van der Waals surface area contributed by atoms with Gasteiger partial charge in [0.2, 0.25) is 11.8 Å². The van der Waals surface area contributed by atoms with Gasteiger partial charge in [-0.3, -0.25) is 14.4 Å². The molecule has 2 amide bonds. The Bertz CT molecular complexity index is 378. The summed E-state index contributed by atoms with van der Waals surface area (Å²) < 4.78 is 4.90. The number of nitrogens with one attached hydrogen (secondary N) is 1. The molecular formula is C15H26N2O4. The summed E-state index contributed by atoms with van der Waals surface area (Å²) in [5.41, 5.74) is 5.33. The molecule has 21 heavy (non-hydrogen) atoms. The number of amides is 2. The second kappa shape index (κ2) is 8.64. The minimum Gasteiger partial charge on any atom is -0.466 e. The van der Waals surface area contributed by atoms with Crippen molar-refractivity contribution in [2.45, 2.75) is 58.4 Å². The zero-order valence-electron chi connectivity index (χ0n) is 12.9. The Morgan fingerprint density at radius 1 is 1.24 bits per heavy atom. The summed E-state index contributed by atoms with van der Waals surface area (Å²) in [4.78, 5) is 35.2. The molecule has 1 aliphatic carbocycles. The standard InChI is InChI=1S/C15H26N2O4/c1-3-21-15(20)10(2)9-12(13(16)18)17-14(19)11-7-5-4-6-8-11/h10-12H,3-9H2,1-2H3,(H2,16,18)(H,17,19)/t10-,12+/m0/s1. The van der Waals surface area contributed by atoms with Gasteiger partial charge in [-0.25, -0.2) is 0 Å². The fourth-order valence-electron chi connectivity index (χ4n) is 2.63. The summed E-state index contributed by atoms with van der Waals surface area (Å²) in [6.45, 7) is 3.68. The molecule has 0 aromatic carbocycles. The number of nitrogens with two attached hydrogens (primary N) is 1. The second-order valence-corrected chi connectivity index (χ2v) is 5.69. The van der Waals surface area contributed by atoms with E-state index < -0.39 is 17.9 Å². The lowest BCUT2D eigenvalue weighted by Gasteiger charge is -2.24. The van der Waals surface area contributed by atoms with Gasteiger partial charge in [0, 0.05) is 5.92 Å². The van der Waals surface area contributed by atoms with E-state index in [2.05, 4.69) is 5.32 Å². The normalized spacial score (nSPS) is 18.6. The number of carbonyl (C=O) groups excluding carboxylic acids is 3. The molecule has 0 unspecified atom stereocenters. The molecule has 6 nitrogen and oxygen atoms in total. The Labute approximate surface area is 125 Å². The van der Waals surface area contributed by atoms with E-state index in [0.717, 1.165) is 32.1 Å². The van der Waals surface area contributed by atoms with Gasteiger partial charge >= 0.3 is 5.97 Å². The Morgan fingerprint density at radius 3 is 2.38 bits per heavy atom. The second-order valence-electron chi connectivity index (χ2n) is 5.69. The van der Waals surface area contributed by atoms with Crippen molar-refractivity contribution in [2.75, 3.05) is 6.61 Å². The molecule has 0 heterocycles. The van der Waals surface area contributed by atoms with Gasteiger partial charge in [0.1, 0.15) is 6.04 Å². The first-order valence-corrected chi connectivity index (χ1v) is 7.72. The van der Waals surface area contributed by atoms with Crippen LogP contribution in [0.25, 0.3) is 0 Å². The lowest BCUT2D eigenvalue weighted by Crippen LogP contribution is -2.48. The number of primary amides is 1. The number of carbonyl (C=O) groups is 3. The fourth-order valence-corrected chi connectivity index (χ4v) is 2.63. The Kier molecular flexibility index (Phi) is 7.19. The monoisotopic (exact) mass is 298 g/mol. The maximum Gasteiger partial charge on any atom is 0.308 e. The molecule has 6 heteroatoms. The highest BCUT2D eigenvalue weighted by molar-refractivity contribution is 5.88. The summed E-state index contributed by atoms with van der Waals surface area (Å²) in [5, 5.41) is 2.69. The minimum absolute atomic E-state index is 0.0431. The van der Waals surface area contributed by atoms with Crippen molar-refractivity contribution in [3.63, 3.8) is 0 Å². The number of esters is 1. The molecule has 0 aromatic heterocycles. The van der Waals surface area contributed by atoms with Crippen LogP contribution in [-0.4, -0.2) is 30.4 Å². The first-order valence-electron chi connectivity index (χ1n) is 7.72. The van der Waals surface area contributed by atoms with E-state index in [1.807, 2.05) is 0 Å². The van der Waals surface area contributed by atoms with Gasteiger partial charge in [-0.15, -0.1) is 0 Å². The third-order valence-electron chi connectivity index (χ3n) is 3.91. The first-order chi connectivity index (χ1) is 9.95. The van der Waals surface area contributed by atoms with E-state index in [1.165, 1.54) is 0 Å². The Balaban J connectivity index is 2.54. The maximum atomic E-state index is 12.2. The van der Waals surface area contributed by atoms with Gasteiger partial charge in [-0.05, 0) is 26.2 Å². The van der Waals surface area contributed by atoms with Crippen LogP contribution in [0, 0.1) is 11.8 Å². The van der Waals surface area contributed by atoms with Gasteiger partial charge in [-0.1, -0.05) is 26.2 Å². The predicted molar refractivity (Wildman–Crippen MR) is 78.1 cm³/mol. The molecule has 1 fully saturated rings. The van der Waals surface area contributed by atoms with E-state index in [4.69, 9.17) is 10.5 Å². The Morgan fingerprint density at radius 2 is 1.86 bits per heavy atom. The molecular weight excluding hydrogens is 272 g/mol. The molecule has 1 saturated carbocycles. The van der Waals surface area contributed by atoms with Crippen molar-refractivity contribution in [3.05, 3.63) is 0 Å². The SMILES string of the molecule is CCOC(=O)[C@@H](C)C[C@@H](NC(=O)C1CCCCC1)C(N)=O. The summed E-state index contributed by atoms with van der Waals surface area (Å²) in [6, 6.07) is -0.821. The summed E-state index contributed by atoms with van der Waals surface area (Å²) in [6.07, 6.45) is 5.11. The van der Waals surface area contributed by atoms with Gasteiger partial charge in [0.25, 0.3) is 0 Å². The van der Waals surface area contributed by atoms with Crippen molar-refractivity contribution >= 4 is 17.8 Å². The van der Waals surface area contributed by atoms with Crippen LogP contribution < -0.4 is 11.1 Å². The molecule has 2 atom stereocenters. The third kappa shape index (κ3) is 5.73. The first kappa shape index (κ1) is 17.5. The van der Waals surface area contributed by atoms with Crippen molar-refractivity contribution < 1.29 is 19.1 Å². The molecule has 0 saturated heterocycles. The smallest absolute Gasteiger partial charge is 0.308 e. The molecule has 3 N–H and O–H groups in total. The third-order valence-corrected chi connectivity index (χ3v) is 3.91. The molecule has 0 bridgehead atoms. The van der Waals surface area contributed by atoms with Crippen molar-refractivity contribution in [2.24, 2.45) is 17.6 Å². The fraction of sp³-hybridized carbons (Fsp3) is 0.800. The lowest BCUT2D eigenvalue weighted by atomic mass is 9.88. The van der Waals surface area contributed by atoms with E-state index in [9.17, 15) is 14.4 Å². The van der Waals surface area contributed by atoms with Crippen LogP contribution in [0.15, 0.2) is 0 Å². The van der Waals surface area contributed by atoms with E-state index in [1.54, 1.807) is 13.8 Å². The predicted octanol–water partition coefficient (Wildman–Crippen LogP) is 1.13. The van der Waals surface area contributed by atoms with Crippen LogP contribution in [0.4, 0.5) is 0 Å². The summed E-state index contributed by atoms with van der Waals surface area (Å²) in [7, 11) is 0. The summed E-state index contributed by atoms with van der Waals surface area (Å²) in [5.74, 6) is -1.65. The van der Waals surface area contributed by atoms with Crippen molar-refractivity contribution in [1.82, 2.24) is 5.32 Å². The summed E-state index contributed by atoms with van der Waals surface area (Å²) >= 11 is 0. The Hall–Kier alpha value is -1.59. The number of ether oxygens (including phenoxy) is 1. The van der Waals surface area contributed by atoms with Gasteiger partial charge in [0.05, 0.1) is 12.5 Å². The van der Waals surface area contributed by atoms with Crippen molar-refractivity contribution in [3.8, 4) is 0 Å². The molecule has 1 aliphatic rings. The number of hydrogen-bond donors (Lipinski definition) is 2. The molecule has 120 valence electrons. The van der Waals surface area contributed by atoms with Crippen LogP contribution in [0.1, 0.15) is 52.4 Å². The molecule has 0 aromatic rings. The quantitative estimate of drug-likeness (QED) is 0.688. The van der Waals surface area contributed by atoms with E-state index in [-0.39, 0.29) is 24.2 Å². The van der Waals surface area contributed by atoms with Crippen LogP contribution in [0.2, 0.25) is 0 Å². The van der Waals surface area contributed by atoms with E-state index >= 15 is 0 Å². The van der Waals surface area contributed by atoms with Gasteiger partial charge < -0.3 is 15.8 Å². The minimum atomic E-state index is -0.821. The highest BCUT2D eigenvalue weighted by atomic mass is 16.5. The van der Waals surface area contributed by atoms with Gasteiger partial charge in [0.15, 0.2) is 0 Å². The topological polar surface area (TPSA) is 98.5 Å². The number of rotatable bonds is 7. The average Bonchev–Trinajstić information content (AvgIpc) is 2.47. The average molecular weight is 298 g/mol. The largest absolute Gasteiger partial charge is 0.466 e. The van der Waals surface area contributed by atoms with Gasteiger partial charge in [-0.2, -0.15) is 0 Å². The van der Waals surface area contributed by atoms with Crippen LogP contribution >= 0.6 is 0 Å². The highest BCUT2D eigenvalue weighted by Gasteiger charge is 2.28.